The maximum Gasteiger partial charge on any atom is 0.157 e. The Morgan fingerprint density at radius 3 is 2.80 bits per heavy atom. The van der Waals surface area contributed by atoms with Gasteiger partial charge in [0.25, 0.3) is 0 Å². The van der Waals surface area contributed by atoms with Gasteiger partial charge in [-0.2, -0.15) is 0 Å². The van der Waals surface area contributed by atoms with E-state index in [1.54, 1.807) is 12.4 Å². The molecule has 1 aromatic carbocycles. The number of nitrogens with two attached hydrogens (primary N) is 1. The highest BCUT2D eigenvalue weighted by molar-refractivity contribution is 5.93. The number of hydrogen-bond acceptors (Lipinski definition) is 9. The van der Waals surface area contributed by atoms with Crippen LogP contribution >= 0.6 is 0 Å². The fourth-order valence-corrected chi connectivity index (χ4v) is 5.56. The van der Waals surface area contributed by atoms with Crippen molar-refractivity contribution in [3.05, 3.63) is 66.1 Å². The number of anilines is 2. The smallest absolute Gasteiger partial charge is 0.157 e. The number of benzene rings is 1. The SMILES string of the molecule is CCc1cc(N(C)C2CC2)c2ccc(OCc3cncc(-n4cc([C@@H]5CCCO5)c5c(N)ncnc54)n3)cc2n1. The maximum absolute atomic E-state index is 6.28. The van der Waals surface area contributed by atoms with Gasteiger partial charge in [-0.15, -0.1) is 0 Å². The highest BCUT2D eigenvalue weighted by Gasteiger charge is 2.28. The second-order valence-corrected chi connectivity index (χ2v) is 10.6. The van der Waals surface area contributed by atoms with Crippen LogP contribution in [-0.4, -0.2) is 49.2 Å². The zero-order valence-corrected chi connectivity index (χ0v) is 22.7. The van der Waals surface area contributed by atoms with Crippen molar-refractivity contribution in [3.8, 4) is 11.6 Å². The van der Waals surface area contributed by atoms with Gasteiger partial charge in [0, 0.05) is 54.3 Å². The summed E-state index contributed by atoms with van der Waals surface area (Å²) in [5.74, 6) is 1.81. The van der Waals surface area contributed by atoms with Gasteiger partial charge in [0.15, 0.2) is 11.5 Å². The Kier molecular flexibility index (Phi) is 6.19. The van der Waals surface area contributed by atoms with Gasteiger partial charge in [0.05, 0.1) is 35.1 Å². The summed E-state index contributed by atoms with van der Waals surface area (Å²) >= 11 is 0. The van der Waals surface area contributed by atoms with Gasteiger partial charge in [0.2, 0.25) is 0 Å². The summed E-state index contributed by atoms with van der Waals surface area (Å²) in [6.45, 7) is 3.14. The van der Waals surface area contributed by atoms with E-state index in [2.05, 4.69) is 46.0 Å². The lowest BCUT2D eigenvalue weighted by Gasteiger charge is -2.21. The van der Waals surface area contributed by atoms with Crippen molar-refractivity contribution in [1.82, 2.24) is 29.5 Å². The van der Waals surface area contributed by atoms with Crippen LogP contribution in [0.2, 0.25) is 0 Å². The zero-order valence-electron chi connectivity index (χ0n) is 22.7. The van der Waals surface area contributed by atoms with Crippen molar-refractivity contribution in [2.24, 2.45) is 0 Å². The molecule has 7 rings (SSSR count). The molecule has 2 N–H and O–H groups in total. The van der Waals surface area contributed by atoms with Crippen LogP contribution in [0.3, 0.4) is 0 Å². The van der Waals surface area contributed by atoms with Crippen LogP contribution < -0.4 is 15.4 Å². The van der Waals surface area contributed by atoms with Crippen molar-refractivity contribution >= 4 is 33.4 Å². The first-order valence-electron chi connectivity index (χ1n) is 13.9. The number of fused-ring (bicyclic) bond motifs is 2. The first-order valence-corrected chi connectivity index (χ1v) is 13.9. The molecule has 204 valence electrons. The largest absolute Gasteiger partial charge is 0.487 e. The summed E-state index contributed by atoms with van der Waals surface area (Å²) in [5.41, 5.74) is 11.9. The summed E-state index contributed by atoms with van der Waals surface area (Å²) in [4.78, 5) is 25.3. The van der Waals surface area contributed by atoms with Crippen molar-refractivity contribution in [3.63, 3.8) is 0 Å². The molecule has 1 atom stereocenters. The van der Waals surface area contributed by atoms with Gasteiger partial charge in [0.1, 0.15) is 24.5 Å². The van der Waals surface area contributed by atoms with Crippen LogP contribution in [0, 0.1) is 0 Å². The van der Waals surface area contributed by atoms with E-state index in [4.69, 9.17) is 25.2 Å². The number of nitrogen functional groups attached to an aromatic ring is 1. The molecule has 10 nitrogen and oxygen atoms in total. The summed E-state index contributed by atoms with van der Waals surface area (Å²) < 4.78 is 14.0. The molecule has 5 heterocycles. The van der Waals surface area contributed by atoms with Crippen molar-refractivity contribution in [2.75, 3.05) is 24.3 Å². The lowest BCUT2D eigenvalue weighted by Crippen LogP contribution is -2.20. The molecule has 0 amide bonds. The topological polar surface area (TPSA) is 117 Å². The molecule has 5 aromatic rings. The molecule has 10 heteroatoms. The summed E-state index contributed by atoms with van der Waals surface area (Å²) in [6, 6.07) is 8.97. The number of aryl methyl sites for hydroxylation is 1. The lowest BCUT2D eigenvalue weighted by molar-refractivity contribution is 0.113. The van der Waals surface area contributed by atoms with E-state index in [9.17, 15) is 0 Å². The van der Waals surface area contributed by atoms with Gasteiger partial charge in [-0.25, -0.2) is 15.0 Å². The number of pyridine rings is 1. The van der Waals surface area contributed by atoms with E-state index in [0.717, 1.165) is 59.2 Å². The van der Waals surface area contributed by atoms with Gasteiger partial charge < -0.3 is 20.1 Å². The summed E-state index contributed by atoms with van der Waals surface area (Å²) in [7, 11) is 2.18. The molecule has 4 aromatic heterocycles. The summed E-state index contributed by atoms with van der Waals surface area (Å²) in [6.07, 6.45) is 12.2. The Bertz CT molecular complexity index is 1710. The van der Waals surface area contributed by atoms with Crippen molar-refractivity contribution < 1.29 is 9.47 Å². The van der Waals surface area contributed by atoms with Crippen LogP contribution in [0.25, 0.3) is 27.8 Å². The first-order chi connectivity index (χ1) is 19.6. The van der Waals surface area contributed by atoms with Gasteiger partial charge in [-0.05, 0) is 50.3 Å². The van der Waals surface area contributed by atoms with E-state index >= 15 is 0 Å². The van der Waals surface area contributed by atoms with Gasteiger partial charge in [-0.1, -0.05) is 6.92 Å². The van der Waals surface area contributed by atoms with E-state index in [-0.39, 0.29) is 12.7 Å². The fraction of sp³-hybridized carbons (Fsp3) is 0.367. The van der Waals surface area contributed by atoms with Crippen molar-refractivity contribution in [2.45, 2.75) is 57.8 Å². The highest BCUT2D eigenvalue weighted by Crippen LogP contribution is 2.38. The standard InChI is InChI=1S/C30H32N8O2/c1-3-18-11-25(37(2)20-6-7-20)22-9-8-21(12-24(22)35-18)40-16-19-13-32-14-27(36-19)38-15-23(26-5-4-10-39-26)28-29(31)33-17-34-30(28)38/h8-9,11-15,17,20,26H,3-7,10,16H2,1-2H3,(H2,31,33,34)/t26-/m0/s1. The van der Waals surface area contributed by atoms with E-state index in [1.807, 2.05) is 22.9 Å². The van der Waals surface area contributed by atoms with Crippen LogP contribution in [0.15, 0.2) is 49.2 Å². The number of nitrogens with zero attached hydrogens (tertiary/aromatic N) is 7. The summed E-state index contributed by atoms with van der Waals surface area (Å²) in [5, 5.41) is 1.95. The van der Waals surface area contributed by atoms with Crippen LogP contribution in [-0.2, 0) is 17.8 Å². The Labute approximate surface area is 232 Å². The second-order valence-electron chi connectivity index (χ2n) is 10.6. The predicted molar refractivity (Wildman–Crippen MR) is 154 cm³/mol. The lowest BCUT2D eigenvalue weighted by atomic mass is 10.1. The molecule has 40 heavy (non-hydrogen) atoms. The number of aromatic nitrogens is 6. The molecular formula is C30H32N8O2. The van der Waals surface area contributed by atoms with E-state index < -0.39 is 0 Å². The molecule has 0 unspecified atom stereocenters. The second kappa shape index (κ2) is 10.0. The Hall–Kier alpha value is -4.31. The van der Waals surface area contributed by atoms with Crippen LogP contribution in [0.1, 0.15) is 55.7 Å². The molecule has 0 bridgehead atoms. The third-order valence-corrected chi connectivity index (χ3v) is 7.87. The third kappa shape index (κ3) is 4.48. The normalized spacial score (nSPS) is 17.1. The molecule has 1 saturated heterocycles. The number of ether oxygens (including phenoxy) is 2. The number of rotatable bonds is 8. The Morgan fingerprint density at radius 1 is 1.10 bits per heavy atom. The Morgan fingerprint density at radius 2 is 2.00 bits per heavy atom. The molecule has 2 fully saturated rings. The fourth-order valence-electron chi connectivity index (χ4n) is 5.56. The third-order valence-electron chi connectivity index (χ3n) is 7.87. The van der Waals surface area contributed by atoms with Crippen LogP contribution in [0.5, 0.6) is 5.75 Å². The number of hydrogen-bond donors (Lipinski definition) is 1. The van der Waals surface area contributed by atoms with Gasteiger partial charge >= 0.3 is 0 Å². The average Bonchev–Trinajstić information content (AvgIpc) is 3.54. The highest BCUT2D eigenvalue weighted by atomic mass is 16.5. The molecule has 0 radical (unpaired) electrons. The molecule has 1 saturated carbocycles. The Balaban J connectivity index is 1.17. The minimum absolute atomic E-state index is 0.0316. The quantitative estimate of drug-likeness (QED) is 0.294. The predicted octanol–water partition coefficient (Wildman–Crippen LogP) is 4.93. The maximum atomic E-state index is 6.28. The van der Waals surface area contributed by atoms with Gasteiger partial charge in [-0.3, -0.25) is 14.5 Å². The monoisotopic (exact) mass is 536 g/mol. The molecule has 1 aliphatic carbocycles. The van der Waals surface area contributed by atoms with Crippen LogP contribution in [0.4, 0.5) is 11.5 Å². The van der Waals surface area contributed by atoms with E-state index in [0.29, 0.717) is 29.0 Å². The molecule has 1 aliphatic heterocycles. The molecular weight excluding hydrogens is 504 g/mol. The molecule has 2 aliphatic rings. The first kappa shape index (κ1) is 24.7. The zero-order chi connectivity index (χ0) is 27.2. The van der Waals surface area contributed by atoms with E-state index in [1.165, 1.54) is 24.9 Å². The minimum Gasteiger partial charge on any atom is -0.487 e. The minimum atomic E-state index is -0.0316. The van der Waals surface area contributed by atoms with Crippen molar-refractivity contribution in [1.29, 1.82) is 0 Å². The average molecular weight is 537 g/mol. The molecule has 0 spiro atoms.